The van der Waals surface area contributed by atoms with Gasteiger partial charge in [0.05, 0.1) is 10.6 Å². The van der Waals surface area contributed by atoms with E-state index in [2.05, 4.69) is 31.9 Å². The molecule has 0 bridgehead atoms. The molecule has 1 saturated heterocycles. The average molecular weight is 364 g/mol. The maximum atomic E-state index is 11.7. The Labute approximate surface area is 114 Å². The third-order valence-corrected chi connectivity index (χ3v) is 3.76. The topological polar surface area (TPSA) is 63.5 Å². The first-order valence-electron chi connectivity index (χ1n) is 4.87. The smallest absolute Gasteiger partial charge is 0.270 e. The second-order valence-corrected chi connectivity index (χ2v) is 5.85. The van der Waals surface area contributed by atoms with Gasteiger partial charge in [-0.25, -0.2) is 0 Å². The molecular weight excluding hydrogens is 356 g/mol. The maximum Gasteiger partial charge on any atom is 0.270 e. The zero-order chi connectivity index (χ0) is 12.6. The van der Waals surface area contributed by atoms with Gasteiger partial charge in [-0.2, -0.15) is 0 Å². The molecule has 1 aliphatic rings. The summed E-state index contributed by atoms with van der Waals surface area (Å²) in [6.07, 6.45) is 0.448. The summed E-state index contributed by atoms with van der Waals surface area (Å²) in [5.41, 5.74) is 0.671. The molecule has 1 aromatic carbocycles. The molecule has 0 N–H and O–H groups in total. The van der Waals surface area contributed by atoms with Crippen LogP contribution in [0.15, 0.2) is 22.7 Å². The number of non-ortho nitro benzene ring substituents is 1. The summed E-state index contributed by atoms with van der Waals surface area (Å²) in [7, 11) is 0. The van der Waals surface area contributed by atoms with E-state index in [1.807, 2.05) is 0 Å². The summed E-state index contributed by atoms with van der Waals surface area (Å²) >= 11 is 6.65. The van der Waals surface area contributed by atoms with Crippen molar-refractivity contribution < 1.29 is 9.72 Å². The van der Waals surface area contributed by atoms with Crippen molar-refractivity contribution in [1.29, 1.82) is 0 Å². The van der Waals surface area contributed by atoms with Crippen molar-refractivity contribution in [2.75, 3.05) is 11.4 Å². The molecular formula is C10H8Br2N2O3. The SMILES string of the molecule is O=C1CC(Br)CN1c1ccc([N+](=O)[O-])cc1Br. The Morgan fingerprint density at radius 2 is 2.18 bits per heavy atom. The Morgan fingerprint density at radius 1 is 1.47 bits per heavy atom. The lowest BCUT2D eigenvalue weighted by Crippen LogP contribution is -2.24. The van der Waals surface area contributed by atoms with Gasteiger partial charge in [0.2, 0.25) is 5.91 Å². The zero-order valence-corrected chi connectivity index (χ0v) is 11.8. The standard InChI is InChI=1S/C10H8Br2N2O3/c11-6-3-10(15)13(5-6)9-2-1-7(14(16)17)4-8(9)12/h1-2,4,6H,3,5H2. The second-order valence-electron chi connectivity index (χ2n) is 3.70. The number of nitrogens with zero attached hydrogens (tertiary/aromatic N) is 2. The number of anilines is 1. The van der Waals surface area contributed by atoms with E-state index < -0.39 is 4.92 Å². The summed E-state index contributed by atoms with van der Waals surface area (Å²) in [4.78, 5) is 23.6. The minimum atomic E-state index is -0.465. The largest absolute Gasteiger partial charge is 0.310 e. The molecule has 0 saturated carbocycles. The number of hydrogen-bond acceptors (Lipinski definition) is 3. The number of rotatable bonds is 2. The van der Waals surface area contributed by atoms with E-state index in [1.54, 1.807) is 11.0 Å². The number of nitro groups is 1. The molecule has 1 heterocycles. The lowest BCUT2D eigenvalue weighted by atomic mass is 10.2. The Morgan fingerprint density at radius 3 is 2.65 bits per heavy atom. The van der Waals surface area contributed by atoms with E-state index in [0.717, 1.165) is 0 Å². The molecule has 7 heteroatoms. The Bertz CT molecular complexity index is 492. The fourth-order valence-corrected chi connectivity index (χ4v) is 2.87. The van der Waals surface area contributed by atoms with Gasteiger partial charge in [-0.05, 0) is 22.0 Å². The molecule has 1 unspecified atom stereocenters. The second kappa shape index (κ2) is 4.73. The number of halogens is 2. The third kappa shape index (κ3) is 2.50. The van der Waals surface area contributed by atoms with Crippen LogP contribution in [0, 0.1) is 10.1 Å². The highest BCUT2D eigenvalue weighted by Crippen LogP contribution is 2.33. The molecule has 17 heavy (non-hydrogen) atoms. The fourth-order valence-electron chi connectivity index (χ4n) is 1.73. The van der Waals surface area contributed by atoms with E-state index in [0.29, 0.717) is 23.1 Å². The summed E-state index contributed by atoms with van der Waals surface area (Å²) in [6.45, 7) is 0.579. The summed E-state index contributed by atoms with van der Waals surface area (Å²) < 4.78 is 0.557. The van der Waals surface area contributed by atoms with Gasteiger partial charge in [0, 0.05) is 34.4 Å². The van der Waals surface area contributed by atoms with Crippen molar-refractivity contribution in [2.24, 2.45) is 0 Å². The highest BCUT2D eigenvalue weighted by molar-refractivity contribution is 9.10. The van der Waals surface area contributed by atoms with Crippen LogP contribution in [0.2, 0.25) is 0 Å². The predicted molar refractivity (Wildman–Crippen MR) is 70.5 cm³/mol. The number of carbonyl (C=O) groups excluding carboxylic acids is 1. The van der Waals surface area contributed by atoms with Crippen LogP contribution in [0.3, 0.4) is 0 Å². The molecule has 1 atom stereocenters. The van der Waals surface area contributed by atoms with Crippen LogP contribution in [-0.2, 0) is 4.79 Å². The van der Waals surface area contributed by atoms with Crippen molar-refractivity contribution >= 4 is 49.1 Å². The molecule has 5 nitrogen and oxygen atoms in total. The first-order valence-corrected chi connectivity index (χ1v) is 6.58. The average Bonchev–Trinajstić information content (AvgIpc) is 2.57. The zero-order valence-electron chi connectivity index (χ0n) is 8.60. The van der Waals surface area contributed by atoms with Gasteiger partial charge >= 0.3 is 0 Å². The lowest BCUT2D eigenvalue weighted by Gasteiger charge is -2.17. The van der Waals surface area contributed by atoms with Crippen molar-refractivity contribution in [3.8, 4) is 0 Å². The monoisotopic (exact) mass is 362 g/mol. The van der Waals surface area contributed by atoms with Crippen molar-refractivity contribution in [1.82, 2.24) is 0 Å². The van der Waals surface area contributed by atoms with E-state index in [9.17, 15) is 14.9 Å². The van der Waals surface area contributed by atoms with Gasteiger partial charge in [-0.1, -0.05) is 15.9 Å². The van der Waals surface area contributed by atoms with Gasteiger partial charge in [-0.3, -0.25) is 14.9 Å². The quantitative estimate of drug-likeness (QED) is 0.461. The first kappa shape index (κ1) is 12.5. The Kier molecular flexibility index (Phi) is 3.48. The Hall–Kier alpha value is -0.950. The van der Waals surface area contributed by atoms with E-state index in [-0.39, 0.29) is 16.4 Å². The number of hydrogen-bond donors (Lipinski definition) is 0. The van der Waals surface area contributed by atoms with E-state index in [1.165, 1.54) is 12.1 Å². The number of amides is 1. The minimum absolute atomic E-state index is 0.00247. The number of nitro benzene ring substituents is 1. The number of benzene rings is 1. The van der Waals surface area contributed by atoms with Crippen molar-refractivity contribution in [3.63, 3.8) is 0 Å². The molecule has 1 aliphatic heterocycles. The fraction of sp³-hybridized carbons (Fsp3) is 0.300. The number of carbonyl (C=O) groups is 1. The highest BCUT2D eigenvalue weighted by Gasteiger charge is 2.30. The minimum Gasteiger partial charge on any atom is -0.310 e. The molecule has 90 valence electrons. The van der Waals surface area contributed by atoms with Crippen LogP contribution in [0.5, 0.6) is 0 Å². The van der Waals surface area contributed by atoms with Crippen LogP contribution in [-0.4, -0.2) is 22.2 Å². The lowest BCUT2D eigenvalue weighted by molar-refractivity contribution is -0.384. The predicted octanol–water partition coefficient (Wildman–Crippen LogP) is 2.86. The molecule has 0 radical (unpaired) electrons. The molecule has 0 aromatic heterocycles. The van der Waals surface area contributed by atoms with Crippen LogP contribution < -0.4 is 4.90 Å². The van der Waals surface area contributed by atoms with Gasteiger partial charge in [-0.15, -0.1) is 0 Å². The van der Waals surface area contributed by atoms with Gasteiger partial charge < -0.3 is 4.90 Å². The van der Waals surface area contributed by atoms with Crippen LogP contribution in [0.4, 0.5) is 11.4 Å². The molecule has 0 aliphatic carbocycles. The molecule has 0 spiro atoms. The van der Waals surface area contributed by atoms with E-state index in [4.69, 9.17) is 0 Å². The normalized spacial score (nSPS) is 19.8. The van der Waals surface area contributed by atoms with Crippen molar-refractivity contribution in [3.05, 3.63) is 32.8 Å². The van der Waals surface area contributed by atoms with Gasteiger partial charge in [0.15, 0.2) is 0 Å². The molecule has 1 aromatic rings. The van der Waals surface area contributed by atoms with Crippen LogP contribution in [0.25, 0.3) is 0 Å². The van der Waals surface area contributed by atoms with E-state index >= 15 is 0 Å². The van der Waals surface area contributed by atoms with Crippen molar-refractivity contribution in [2.45, 2.75) is 11.2 Å². The first-order chi connectivity index (χ1) is 7.99. The Balaban J connectivity index is 2.34. The maximum absolute atomic E-state index is 11.7. The summed E-state index contributed by atoms with van der Waals surface area (Å²) in [5, 5.41) is 10.6. The highest BCUT2D eigenvalue weighted by atomic mass is 79.9. The summed E-state index contributed by atoms with van der Waals surface area (Å²) in [5.74, 6) is 0.0152. The number of alkyl halides is 1. The van der Waals surface area contributed by atoms with Gasteiger partial charge in [0.1, 0.15) is 0 Å². The van der Waals surface area contributed by atoms with Gasteiger partial charge in [0.25, 0.3) is 5.69 Å². The molecule has 2 rings (SSSR count). The molecule has 1 amide bonds. The molecule has 1 fully saturated rings. The van der Waals surface area contributed by atoms with Crippen LogP contribution in [0.1, 0.15) is 6.42 Å². The van der Waals surface area contributed by atoms with Crippen LogP contribution >= 0.6 is 31.9 Å². The summed E-state index contributed by atoms with van der Waals surface area (Å²) in [6, 6.07) is 4.39. The third-order valence-electron chi connectivity index (χ3n) is 2.51.